The maximum absolute atomic E-state index is 12.8. The summed E-state index contributed by atoms with van der Waals surface area (Å²) in [5, 5.41) is 0.725. The lowest BCUT2D eigenvalue weighted by Gasteiger charge is -2.08. The van der Waals surface area contributed by atoms with Gasteiger partial charge < -0.3 is 9.15 Å². The van der Waals surface area contributed by atoms with Gasteiger partial charge in [0.2, 0.25) is 9.84 Å². The summed E-state index contributed by atoms with van der Waals surface area (Å²) in [5.41, 5.74) is -0.784. The highest BCUT2D eigenvalue weighted by Gasteiger charge is 2.24. The van der Waals surface area contributed by atoms with E-state index in [-0.39, 0.29) is 20.5 Å². The second-order valence-corrected chi connectivity index (χ2v) is 7.82. The van der Waals surface area contributed by atoms with Crippen molar-refractivity contribution in [2.24, 2.45) is 0 Å². The Morgan fingerprint density at radius 1 is 1.08 bits per heavy atom. The third kappa shape index (κ3) is 3.25. The molecule has 0 fully saturated rings. The molecule has 8 heteroatoms. The number of fused-ring (bicyclic) bond motifs is 1. The monoisotopic (exact) mass is 398 g/mol. The number of rotatable bonds is 4. The number of hydrogen-bond acceptors (Lipinski definition) is 5. The number of halogens is 2. The SMILES string of the molecule is CCOc1cccc2cc(S(=O)(=O)c3ccc(Cl)c(Cl)c3)c(=O)oc12. The fourth-order valence-electron chi connectivity index (χ4n) is 2.33. The van der Waals surface area contributed by atoms with Crippen LogP contribution in [0.1, 0.15) is 6.92 Å². The molecule has 0 bridgehead atoms. The van der Waals surface area contributed by atoms with Gasteiger partial charge >= 0.3 is 5.63 Å². The molecule has 3 aromatic rings. The summed E-state index contributed by atoms with van der Waals surface area (Å²) in [5.74, 6) is 0.371. The molecule has 1 aromatic heterocycles. The van der Waals surface area contributed by atoms with Crippen LogP contribution in [0.2, 0.25) is 10.0 Å². The molecule has 0 atom stereocenters. The Morgan fingerprint density at radius 2 is 1.84 bits per heavy atom. The van der Waals surface area contributed by atoms with Gasteiger partial charge in [-0.05, 0) is 37.3 Å². The quantitative estimate of drug-likeness (QED) is 0.611. The minimum atomic E-state index is -4.12. The Morgan fingerprint density at radius 3 is 2.52 bits per heavy atom. The van der Waals surface area contributed by atoms with E-state index in [9.17, 15) is 13.2 Å². The first kappa shape index (κ1) is 17.8. The Balaban J connectivity index is 2.23. The average Bonchev–Trinajstić information content (AvgIpc) is 2.57. The van der Waals surface area contributed by atoms with Gasteiger partial charge in [-0.1, -0.05) is 35.3 Å². The van der Waals surface area contributed by atoms with E-state index in [1.807, 2.05) is 0 Å². The van der Waals surface area contributed by atoms with E-state index in [1.54, 1.807) is 25.1 Å². The molecule has 0 aliphatic carbocycles. The lowest BCUT2D eigenvalue weighted by atomic mass is 10.2. The number of sulfone groups is 1. The summed E-state index contributed by atoms with van der Waals surface area (Å²) in [6, 6.07) is 10.1. The van der Waals surface area contributed by atoms with E-state index in [2.05, 4.69) is 0 Å². The predicted octanol–water partition coefficient (Wildman–Crippen LogP) is 4.33. The van der Waals surface area contributed by atoms with Crippen molar-refractivity contribution >= 4 is 44.0 Å². The van der Waals surface area contributed by atoms with Crippen LogP contribution in [-0.2, 0) is 9.84 Å². The van der Waals surface area contributed by atoms with Gasteiger partial charge in [0, 0.05) is 5.39 Å². The van der Waals surface area contributed by atoms with Gasteiger partial charge in [-0.15, -0.1) is 0 Å². The zero-order valence-electron chi connectivity index (χ0n) is 13.0. The summed E-state index contributed by atoms with van der Waals surface area (Å²) in [6.07, 6.45) is 0. The van der Waals surface area contributed by atoms with E-state index in [4.69, 9.17) is 32.4 Å². The standard InChI is InChI=1S/C17H12Cl2O5S/c1-2-23-14-5-3-4-10-8-15(17(20)24-16(10)14)25(21,22)11-6-7-12(18)13(19)9-11/h3-9H,2H2,1H3. The highest BCUT2D eigenvalue weighted by atomic mass is 35.5. The third-order valence-electron chi connectivity index (χ3n) is 3.48. The molecule has 0 amide bonds. The molecule has 0 saturated carbocycles. The molecule has 1 heterocycles. The highest BCUT2D eigenvalue weighted by molar-refractivity contribution is 7.91. The molecule has 130 valence electrons. The molecule has 0 aliphatic heterocycles. The molecule has 0 aliphatic rings. The van der Waals surface area contributed by atoms with E-state index in [1.165, 1.54) is 24.3 Å². The fraction of sp³-hybridized carbons (Fsp3) is 0.118. The van der Waals surface area contributed by atoms with Crippen molar-refractivity contribution in [3.8, 4) is 5.75 Å². The second kappa shape index (κ2) is 6.71. The van der Waals surface area contributed by atoms with E-state index in [0.29, 0.717) is 17.7 Å². The molecule has 0 radical (unpaired) electrons. The molecule has 0 saturated heterocycles. The number of para-hydroxylation sites is 1. The maximum atomic E-state index is 12.8. The summed E-state index contributed by atoms with van der Waals surface area (Å²) in [4.78, 5) is 11.7. The van der Waals surface area contributed by atoms with Gasteiger partial charge in [0.15, 0.2) is 16.2 Å². The largest absolute Gasteiger partial charge is 0.490 e. The summed E-state index contributed by atoms with van der Waals surface area (Å²) < 4.78 is 36.2. The van der Waals surface area contributed by atoms with Crippen molar-refractivity contribution in [1.29, 1.82) is 0 Å². The second-order valence-electron chi connectivity index (χ2n) is 5.08. The lowest BCUT2D eigenvalue weighted by molar-refractivity contribution is 0.336. The van der Waals surface area contributed by atoms with Gasteiger partial charge in [0.25, 0.3) is 0 Å². The first-order chi connectivity index (χ1) is 11.8. The summed E-state index contributed by atoms with van der Waals surface area (Å²) in [7, 11) is -4.12. The van der Waals surface area contributed by atoms with Gasteiger partial charge in [-0.2, -0.15) is 0 Å². The van der Waals surface area contributed by atoms with Gasteiger partial charge in [0.05, 0.1) is 21.5 Å². The molecule has 0 spiro atoms. The van der Waals surface area contributed by atoms with Crippen LogP contribution in [0.25, 0.3) is 11.0 Å². The zero-order chi connectivity index (χ0) is 18.2. The van der Waals surface area contributed by atoms with Gasteiger partial charge in [-0.25, -0.2) is 13.2 Å². The molecule has 2 aromatic carbocycles. The van der Waals surface area contributed by atoms with Crippen molar-refractivity contribution < 1.29 is 17.6 Å². The first-order valence-electron chi connectivity index (χ1n) is 7.24. The van der Waals surface area contributed by atoms with E-state index >= 15 is 0 Å². The van der Waals surface area contributed by atoms with E-state index in [0.717, 1.165) is 0 Å². The molecular formula is C17H12Cl2O5S. The number of ether oxygens (including phenoxy) is 1. The van der Waals surface area contributed by atoms with Crippen LogP contribution in [0.5, 0.6) is 5.75 Å². The molecular weight excluding hydrogens is 387 g/mol. The molecule has 5 nitrogen and oxygen atoms in total. The Kier molecular flexibility index (Phi) is 4.77. The van der Waals surface area contributed by atoms with Crippen LogP contribution >= 0.6 is 23.2 Å². The number of benzene rings is 2. The minimum absolute atomic E-state index is 0.0755. The van der Waals surface area contributed by atoms with Crippen molar-refractivity contribution in [3.63, 3.8) is 0 Å². The van der Waals surface area contributed by atoms with Crippen molar-refractivity contribution in [2.45, 2.75) is 16.7 Å². The third-order valence-corrected chi connectivity index (χ3v) is 5.96. The maximum Gasteiger partial charge on any atom is 0.355 e. The topological polar surface area (TPSA) is 73.6 Å². The molecule has 25 heavy (non-hydrogen) atoms. The lowest BCUT2D eigenvalue weighted by Crippen LogP contribution is -2.14. The Hall–Kier alpha value is -2.02. The number of hydrogen-bond donors (Lipinski definition) is 0. The molecule has 0 unspecified atom stereocenters. The normalized spacial score (nSPS) is 11.6. The average molecular weight is 399 g/mol. The molecule has 0 N–H and O–H groups in total. The molecule has 3 rings (SSSR count). The predicted molar refractivity (Wildman–Crippen MR) is 95.6 cm³/mol. The zero-order valence-corrected chi connectivity index (χ0v) is 15.3. The Bertz CT molecular complexity index is 1120. The van der Waals surface area contributed by atoms with Crippen molar-refractivity contribution in [2.75, 3.05) is 6.61 Å². The van der Waals surface area contributed by atoms with Crippen LogP contribution in [0.3, 0.4) is 0 Å². The van der Waals surface area contributed by atoms with Gasteiger partial charge in [0.1, 0.15) is 0 Å². The first-order valence-corrected chi connectivity index (χ1v) is 9.48. The van der Waals surface area contributed by atoms with Gasteiger partial charge in [-0.3, -0.25) is 0 Å². The van der Waals surface area contributed by atoms with Crippen molar-refractivity contribution in [3.05, 3.63) is 62.9 Å². The van der Waals surface area contributed by atoms with Crippen LogP contribution < -0.4 is 10.4 Å². The van der Waals surface area contributed by atoms with Crippen LogP contribution in [0, 0.1) is 0 Å². The summed E-state index contributed by atoms with van der Waals surface area (Å²) in [6.45, 7) is 2.17. The van der Waals surface area contributed by atoms with E-state index < -0.39 is 20.4 Å². The minimum Gasteiger partial charge on any atom is -0.490 e. The van der Waals surface area contributed by atoms with Crippen molar-refractivity contribution in [1.82, 2.24) is 0 Å². The highest BCUT2D eigenvalue weighted by Crippen LogP contribution is 2.30. The summed E-state index contributed by atoms with van der Waals surface area (Å²) >= 11 is 11.7. The van der Waals surface area contributed by atoms with Crippen LogP contribution in [0.15, 0.2) is 61.5 Å². The Labute approximate surface area is 153 Å². The van der Waals surface area contributed by atoms with Crippen LogP contribution in [-0.4, -0.2) is 15.0 Å². The fourth-order valence-corrected chi connectivity index (χ4v) is 4.01. The smallest absolute Gasteiger partial charge is 0.355 e. The van der Waals surface area contributed by atoms with Crippen LogP contribution in [0.4, 0.5) is 0 Å².